The minimum Gasteiger partial charge on any atom is -0.211 e. The van der Waals surface area contributed by atoms with Crippen LogP contribution < -0.4 is 4.72 Å². The molecule has 0 bridgehead atoms. The second-order valence-electron chi connectivity index (χ2n) is 4.56. The molecule has 0 aliphatic heterocycles. The predicted molar refractivity (Wildman–Crippen MR) is 63.2 cm³/mol. The van der Waals surface area contributed by atoms with E-state index >= 15 is 0 Å². The van der Waals surface area contributed by atoms with E-state index in [-0.39, 0.29) is 6.04 Å². The molecular weight excluding hydrogens is 224 g/mol. The van der Waals surface area contributed by atoms with E-state index in [1.807, 2.05) is 6.07 Å². The van der Waals surface area contributed by atoms with Gasteiger partial charge in [-0.1, -0.05) is 26.7 Å². The highest BCUT2D eigenvalue weighted by Gasteiger charge is 2.30. The van der Waals surface area contributed by atoms with E-state index in [9.17, 15) is 8.42 Å². The number of nitriles is 1. The highest BCUT2D eigenvalue weighted by atomic mass is 32.2. The largest absolute Gasteiger partial charge is 0.228 e. The number of hydrogen-bond donors (Lipinski definition) is 1. The molecule has 92 valence electrons. The summed E-state index contributed by atoms with van der Waals surface area (Å²) in [6.07, 6.45) is 4.54. The number of nitrogens with one attached hydrogen (secondary N) is 1. The maximum absolute atomic E-state index is 11.9. The molecule has 0 spiro atoms. The Morgan fingerprint density at radius 3 is 2.56 bits per heavy atom. The maximum atomic E-state index is 11.9. The normalized spacial score (nSPS) is 28.3. The van der Waals surface area contributed by atoms with Gasteiger partial charge in [0.25, 0.3) is 0 Å². The third kappa shape index (κ3) is 3.19. The molecule has 0 amide bonds. The highest BCUT2D eigenvalue weighted by Crippen LogP contribution is 2.24. The molecule has 1 saturated carbocycles. The molecule has 1 aliphatic rings. The van der Waals surface area contributed by atoms with E-state index in [4.69, 9.17) is 5.26 Å². The molecule has 0 heterocycles. The van der Waals surface area contributed by atoms with Crippen LogP contribution >= 0.6 is 0 Å². The Morgan fingerprint density at radius 1 is 1.44 bits per heavy atom. The minimum atomic E-state index is -3.47. The standard InChI is InChI=1S/C11H20N2O2S/c1-3-10(8-12)16(14,15)13-11-7-5-4-6-9(11)2/h9-11,13H,3-7H2,1-2H3. The molecule has 0 radical (unpaired) electrons. The molecule has 1 rings (SSSR count). The molecule has 3 atom stereocenters. The van der Waals surface area contributed by atoms with E-state index in [2.05, 4.69) is 11.6 Å². The molecule has 0 aromatic carbocycles. The Bertz CT molecular complexity index is 359. The van der Waals surface area contributed by atoms with Crippen LogP contribution in [0.25, 0.3) is 0 Å². The van der Waals surface area contributed by atoms with Crippen LogP contribution in [0, 0.1) is 17.2 Å². The maximum Gasteiger partial charge on any atom is 0.228 e. The number of nitrogens with zero attached hydrogens (tertiary/aromatic N) is 1. The van der Waals surface area contributed by atoms with Gasteiger partial charge in [-0.25, -0.2) is 13.1 Å². The number of rotatable bonds is 4. The van der Waals surface area contributed by atoms with Crippen molar-refractivity contribution < 1.29 is 8.42 Å². The van der Waals surface area contributed by atoms with Crippen LogP contribution in [0.2, 0.25) is 0 Å². The third-order valence-electron chi connectivity index (χ3n) is 3.32. The second-order valence-corrected chi connectivity index (χ2v) is 6.45. The van der Waals surface area contributed by atoms with Crippen molar-refractivity contribution >= 4 is 10.0 Å². The van der Waals surface area contributed by atoms with Gasteiger partial charge in [0.05, 0.1) is 6.07 Å². The van der Waals surface area contributed by atoms with Gasteiger partial charge in [-0.05, 0) is 25.2 Å². The van der Waals surface area contributed by atoms with Crippen LogP contribution in [0.3, 0.4) is 0 Å². The number of hydrogen-bond acceptors (Lipinski definition) is 3. The van der Waals surface area contributed by atoms with E-state index in [0.29, 0.717) is 12.3 Å². The van der Waals surface area contributed by atoms with Crippen molar-refractivity contribution in [1.29, 1.82) is 5.26 Å². The monoisotopic (exact) mass is 244 g/mol. The average molecular weight is 244 g/mol. The van der Waals surface area contributed by atoms with Crippen molar-refractivity contribution in [2.24, 2.45) is 5.92 Å². The van der Waals surface area contributed by atoms with Crippen molar-refractivity contribution in [3.8, 4) is 6.07 Å². The molecule has 4 nitrogen and oxygen atoms in total. The minimum absolute atomic E-state index is 0.0150. The zero-order valence-corrected chi connectivity index (χ0v) is 10.8. The summed E-state index contributed by atoms with van der Waals surface area (Å²) in [5, 5.41) is 7.87. The van der Waals surface area contributed by atoms with Crippen LogP contribution in [0.5, 0.6) is 0 Å². The highest BCUT2D eigenvalue weighted by molar-refractivity contribution is 7.90. The third-order valence-corrected chi connectivity index (χ3v) is 5.14. The topological polar surface area (TPSA) is 70.0 Å². The SMILES string of the molecule is CCC(C#N)S(=O)(=O)NC1CCCCC1C. The molecule has 0 aromatic heterocycles. The molecule has 16 heavy (non-hydrogen) atoms. The molecule has 1 aliphatic carbocycles. The molecule has 1 fully saturated rings. The summed E-state index contributed by atoms with van der Waals surface area (Å²) in [5.74, 6) is 0.375. The molecule has 3 unspecified atom stereocenters. The summed E-state index contributed by atoms with van der Waals surface area (Å²) in [6, 6.07) is 1.86. The van der Waals surface area contributed by atoms with Gasteiger partial charge in [0, 0.05) is 6.04 Å². The average Bonchev–Trinajstić information content (AvgIpc) is 2.22. The van der Waals surface area contributed by atoms with E-state index in [1.165, 1.54) is 6.42 Å². The Morgan fingerprint density at radius 2 is 2.06 bits per heavy atom. The van der Waals surface area contributed by atoms with Crippen molar-refractivity contribution in [3.05, 3.63) is 0 Å². The van der Waals surface area contributed by atoms with Gasteiger partial charge in [0.15, 0.2) is 5.25 Å². The quantitative estimate of drug-likeness (QED) is 0.819. The summed E-state index contributed by atoms with van der Waals surface area (Å²) in [4.78, 5) is 0. The van der Waals surface area contributed by atoms with Crippen LogP contribution in [0.15, 0.2) is 0 Å². The summed E-state index contributed by atoms with van der Waals surface area (Å²) in [5.41, 5.74) is 0. The van der Waals surface area contributed by atoms with Gasteiger partial charge in [-0.3, -0.25) is 0 Å². The lowest BCUT2D eigenvalue weighted by molar-refractivity contribution is 0.310. The first-order valence-corrected chi connectivity index (χ1v) is 7.46. The van der Waals surface area contributed by atoms with Gasteiger partial charge in [-0.2, -0.15) is 5.26 Å². The second kappa shape index (κ2) is 5.65. The smallest absolute Gasteiger partial charge is 0.211 e. The molecule has 5 heteroatoms. The Balaban J connectivity index is 2.68. The van der Waals surface area contributed by atoms with Gasteiger partial charge < -0.3 is 0 Å². The molecular formula is C11H20N2O2S. The van der Waals surface area contributed by atoms with Crippen molar-refractivity contribution in [2.45, 2.75) is 57.2 Å². The summed E-state index contributed by atoms with van der Waals surface area (Å²) in [6.45, 7) is 3.79. The summed E-state index contributed by atoms with van der Waals surface area (Å²) < 4.78 is 26.4. The lowest BCUT2D eigenvalue weighted by atomic mass is 9.87. The zero-order chi connectivity index (χ0) is 12.2. The van der Waals surface area contributed by atoms with Gasteiger partial charge in [-0.15, -0.1) is 0 Å². The van der Waals surface area contributed by atoms with Crippen molar-refractivity contribution in [3.63, 3.8) is 0 Å². The predicted octanol–water partition coefficient (Wildman–Crippen LogP) is 1.79. The zero-order valence-electron chi connectivity index (χ0n) is 9.94. The van der Waals surface area contributed by atoms with Crippen molar-refractivity contribution in [1.82, 2.24) is 4.72 Å². The summed E-state index contributed by atoms with van der Waals surface area (Å²) >= 11 is 0. The van der Waals surface area contributed by atoms with Crippen molar-refractivity contribution in [2.75, 3.05) is 0 Å². The van der Waals surface area contributed by atoms with Gasteiger partial charge in [0.1, 0.15) is 0 Å². The van der Waals surface area contributed by atoms with Gasteiger partial charge in [0.2, 0.25) is 10.0 Å². The fourth-order valence-electron chi connectivity index (χ4n) is 2.16. The molecule has 0 aromatic rings. The summed E-state index contributed by atoms with van der Waals surface area (Å²) in [7, 11) is -3.47. The van der Waals surface area contributed by atoms with Crippen LogP contribution in [0.1, 0.15) is 46.0 Å². The van der Waals surface area contributed by atoms with Crippen LogP contribution in [-0.4, -0.2) is 19.7 Å². The first-order valence-electron chi connectivity index (χ1n) is 5.92. The molecule has 0 saturated heterocycles. The van der Waals surface area contributed by atoms with Gasteiger partial charge >= 0.3 is 0 Å². The first-order chi connectivity index (χ1) is 7.51. The lowest BCUT2D eigenvalue weighted by Crippen LogP contribution is -2.44. The van der Waals surface area contributed by atoms with Crippen LogP contribution in [0.4, 0.5) is 0 Å². The first kappa shape index (κ1) is 13.5. The lowest BCUT2D eigenvalue weighted by Gasteiger charge is -2.29. The Kier molecular flexibility index (Phi) is 4.75. The van der Waals surface area contributed by atoms with E-state index < -0.39 is 15.3 Å². The Hall–Kier alpha value is -0.600. The van der Waals surface area contributed by atoms with E-state index in [1.54, 1.807) is 6.92 Å². The van der Waals surface area contributed by atoms with E-state index in [0.717, 1.165) is 19.3 Å². The van der Waals surface area contributed by atoms with Crippen LogP contribution in [-0.2, 0) is 10.0 Å². The fraction of sp³-hybridized carbons (Fsp3) is 0.909. The fourth-order valence-corrected chi connectivity index (χ4v) is 3.68. The molecule has 1 N–H and O–H groups in total. The number of sulfonamides is 1. The Labute approximate surface area is 98.1 Å².